The predicted octanol–water partition coefficient (Wildman–Crippen LogP) is 4.02. The van der Waals surface area contributed by atoms with Crippen LogP contribution in [-0.4, -0.2) is 43.6 Å². The summed E-state index contributed by atoms with van der Waals surface area (Å²) in [5.41, 5.74) is 1.83. The standard InChI is InChI=1S/C24H23N5O3S/c1-2-32-22(31)19-12-6-7-13-20(19)25-21(30)17-33-24-27-26-23(28-14-8-9-15-28)29(24)16-18-10-4-3-5-11-18/h3-15H,2,16-17H2,1H3,(H,25,30). The van der Waals surface area contributed by atoms with Crippen LogP contribution in [0.2, 0.25) is 0 Å². The number of hydrogen-bond acceptors (Lipinski definition) is 6. The van der Waals surface area contributed by atoms with Gasteiger partial charge in [-0.1, -0.05) is 54.2 Å². The molecule has 168 valence electrons. The smallest absolute Gasteiger partial charge is 0.340 e. The molecule has 0 saturated carbocycles. The Labute approximate surface area is 195 Å². The largest absolute Gasteiger partial charge is 0.462 e. The van der Waals surface area contributed by atoms with Crippen LogP contribution >= 0.6 is 11.8 Å². The van der Waals surface area contributed by atoms with Crippen molar-refractivity contribution in [1.82, 2.24) is 19.3 Å². The molecule has 0 bridgehead atoms. The summed E-state index contributed by atoms with van der Waals surface area (Å²) in [5.74, 6) is 0.0448. The average Bonchev–Trinajstić information content (AvgIpc) is 3.49. The summed E-state index contributed by atoms with van der Waals surface area (Å²) < 4.78 is 8.93. The van der Waals surface area contributed by atoms with Crippen LogP contribution in [0.15, 0.2) is 84.3 Å². The molecule has 8 nitrogen and oxygen atoms in total. The van der Waals surface area contributed by atoms with E-state index in [1.54, 1.807) is 31.2 Å². The molecule has 1 N–H and O–H groups in total. The number of esters is 1. The number of carbonyl (C=O) groups is 2. The highest BCUT2D eigenvalue weighted by atomic mass is 32.2. The predicted molar refractivity (Wildman–Crippen MR) is 127 cm³/mol. The van der Waals surface area contributed by atoms with Crippen LogP contribution in [0.4, 0.5) is 5.69 Å². The Morgan fingerprint density at radius 2 is 1.70 bits per heavy atom. The third kappa shape index (κ3) is 5.50. The van der Waals surface area contributed by atoms with Crippen molar-refractivity contribution in [2.75, 3.05) is 17.7 Å². The molecule has 0 atom stereocenters. The van der Waals surface area contributed by atoms with Crippen LogP contribution in [-0.2, 0) is 16.1 Å². The van der Waals surface area contributed by atoms with Crippen molar-refractivity contribution in [3.63, 3.8) is 0 Å². The topological polar surface area (TPSA) is 91.0 Å². The number of nitrogens with one attached hydrogen (secondary N) is 1. The summed E-state index contributed by atoms with van der Waals surface area (Å²) in [4.78, 5) is 24.8. The van der Waals surface area contributed by atoms with E-state index in [0.717, 1.165) is 5.56 Å². The van der Waals surface area contributed by atoms with E-state index in [2.05, 4.69) is 15.5 Å². The van der Waals surface area contributed by atoms with E-state index in [9.17, 15) is 9.59 Å². The summed E-state index contributed by atoms with van der Waals surface area (Å²) in [7, 11) is 0. The molecule has 2 aromatic heterocycles. The van der Waals surface area contributed by atoms with Crippen LogP contribution in [0, 0.1) is 0 Å². The number of nitrogens with zero attached hydrogens (tertiary/aromatic N) is 4. The van der Waals surface area contributed by atoms with Gasteiger partial charge in [0.2, 0.25) is 11.9 Å². The van der Waals surface area contributed by atoms with Crippen molar-refractivity contribution in [2.45, 2.75) is 18.6 Å². The molecule has 4 rings (SSSR count). The highest BCUT2D eigenvalue weighted by molar-refractivity contribution is 7.99. The molecule has 2 aromatic carbocycles. The number of para-hydroxylation sites is 1. The van der Waals surface area contributed by atoms with E-state index in [0.29, 0.717) is 28.9 Å². The zero-order valence-corrected chi connectivity index (χ0v) is 18.9. The van der Waals surface area contributed by atoms with Gasteiger partial charge in [0.05, 0.1) is 30.2 Å². The third-order valence-corrected chi connectivity index (χ3v) is 5.71. The van der Waals surface area contributed by atoms with Gasteiger partial charge in [-0.25, -0.2) is 4.79 Å². The van der Waals surface area contributed by atoms with Crippen molar-refractivity contribution in [3.8, 4) is 5.95 Å². The number of rotatable bonds is 9. The average molecular weight is 462 g/mol. The molecule has 9 heteroatoms. The second-order valence-electron chi connectivity index (χ2n) is 7.05. The van der Waals surface area contributed by atoms with Crippen molar-refractivity contribution in [3.05, 3.63) is 90.3 Å². The number of aromatic nitrogens is 4. The molecule has 33 heavy (non-hydrogen) atoms. The number of anilines is 1. The minimum Gasteiger partial charge on any atom is -0.462 e. The van der Waals surface area contributed by atoms with E-state index in [1.807, 2.05) is 64.0 Å². The molecule has 0 radical (unpaired) electrons. The first-order valence-corrected chi connectivity index (χ1v) is 11.4. The fraction of sp³-hybridized carbons (Fsp3) is 0.167. The highest BCUT2D eigenvalue weighted by Gasteiger charge is 2.17. The molecule has 0 unspecified atom stereocenters. The minimum atomic E-state index is -0.472. The summed E-state index contributed by atoms with van der Waals surface area (Å²) in [6.07, 6.45) is 3.80. The number of ether oxygens (including phenoxy) is 1. The molecule has 0 fully saturated rings. The lowest BCUT2D eigenvalue weighted by molar-refractivity contribution is -0.113. The fourth-order valence-corrected chi connectivity index (χ4v) is 3.98. The number of amides is 1. The van der Waals surface area contributed by atoms with Gasteiger partial charge in [0.15, 0.2) is 5.16 Å². The minimum absolute atomic E-state index is 0.107. The van der Waals surface area contributed by atoms with Crippen molar-refractivity contribution < 1.29 is 14.3 Å². The van der Waals surface area contributed by atoms with E-state index in [-0.39, 0.29) is 18.3 Å². The fourth-order valence-electron chi connectivity index (χ4n) is 3.25. The van der Waals surface area contributed by atoms with Crippen LogP contribution < -0.4 is 5.32 Å². The Bertz CT molecular complexity index is 1220. The maximum absolute atomic E-state index is 12.7. The van der Waals surface area contributed by atoms with E-state index >= 15 is 0 Å². The Morgan fingerprint density at radius 1 is 0.970 bits per heavy atom. The molecular weight excluding hydrogens is 438 g/mol. The molecule has 1 amide bonds. The first-order valence-electron chi connectivity index (χ1n) is 10.4. The summed E-state index contributed by atoms with van der Waals surface area (Å²) in [6, 6.07) is 20.6. The van der Waals surface area contributed by atoms with Gasteiger partial charge >= 0.3 is 5.97 Å². The van der Waals surface area contributed by atoms with Gasteiger partial charge in [0, 0.05) is 12.4 Å². The van der Waals surface area contributed by atoms with Crippen LogP contribution in [0.3, 0.4) is 0 Å². The Morgan fingerprint density at radius 3 is 2.45 bits per heavy atom. The normalized spacial score (nSPS) is 10.7. The number of benzene rings is 2. The summed E-state index contributed by atoms with van der Waals surface area (Å²) >= 11 is 1.28. The van der Waals surface area contributed by atoms with Gasteiger partial charge in [0.1, 0.15) is 0 Å². The van der Waals surface area contributed by atoms with Crippen molar-refractivity contribution >= 4 is 29.3 Å². The van der Waals surface area contributed by atoms with Gasteiger partial charge < -0.3 is 10.1 Å². The third-order valence-electron chi connectivity index (χ3n) is 4.75. The lowest BCUT2D eigenvalue weighted by atomic mass is 10.2. The van der Waals surface area contributed by atoms with Crippen molar-refractivity contribution in [1.29, 1.82) is 0 Å². The second kappa shape index (κ2) is 10.6. The monoisotopic (exact) mass is 461 g/mol. The maximum Gasteiger partial charge on any atom is 0.340 e. The molecule has 0 aliphatic rings. The molecule has 0 saturated heterocycles. The van der Waals surface area contributed by atoms with Gasteiger partial charge in [-0.05, 0) is 36.8 Å². The lowest BCUT2D eigenvalue weighted by Gasteiger charge is -2.12. The zero-order chi connectivity index (χ0) is 23.0. The number of hydrogen-bond donors (Lipinski definition) is 1. The van der Waals surface area contributed by atoms with Gasteiger partial charge in [-0.3, -0.25) is 13.9 Å². The first kappa shape index (κ1) is 22.3. The molecule has 0 aliphatic carbocycles. The Hall–Kier alpha value is -3.85. The number of thioether (sulfide) groups is 1. The zero-order valence-electron chi connectivity index (χ0n) is 18.0. The molecule has 0 spiro atoms. The molecule has 0 aliphatic heterocycles. The van der Waals surface area contributed by atoms with E-state index < -0.39 is 5.97 Å². The van der Waals surface area contributed by atoms with Crippen molar-refractivity contribution in [2.24, 2.45) is 0 Å². The highest BCUT2D eigenvalue weighted by Crippen LogP contribution is 2.22. The van der Waals surface area contributed by atoms with E-state index in [4.69, 9.17) is 4.74 Å². The quantitative estimate of drug-likeness (QED) is 0.299. The Balaban J connectivity index is 1.50. The van der Waals surface area contributed by atoms with Crippen LogP contribution in [0.25, 0.3) is 5.95 Å². The Kier molecular flexibility index (Phi) is 7.21. The number of carbonyl (C=O) groups excluding carboxylic acids is 2. The van der Waals surface area contributed by atoms with Crippen LogP contribution in [0.5, 0.6) is 0 Å². The van der Waals surface area contributed by atoms with Gasteiger partial charge in [-0.2, -0.15) is 0 Å². The maximum atomic E-state index is 12.7. The molecule has 4 aromatic rings. The summed E-state index contributed by atoms with van der Waals surface area (Å²) in [6.45, 7) is 2.57. The molecular formula is C24H23N5O3S. The van der Waals surface area contributed by atoms with E-state index in [1.165, 1.54) is 11.8 Å². The van der Waals surface area contributed by atoms with Crippen LogP contribution in [0.1, 0.15) is 22.8 Å². The summed E-state index contributed by atoms with van der Waals surface area (Å²) in [5, 5.41) is 12.1. The molecule has 2 heterocycles. The first-order chi connectivity index (χ1) is 16.2. The SMILES string of the molecule is CCOC(=O)c1ccccc1NC(=O)CSc1nnc(-n2cccc2)n1Cc1ccccc1. The lowest BCUT2D eigenvalue weighted by Crippen LogP contribution is -2.18. The van der Waals surface area contributed by atoms with Gasteiger partial charge in [0.25, 0.3) is 0 Å². The van der Waals surface area contributed by atoms with Gasteiger partial charge in [-0.15, -0.1) is 10.2 Å². The second-order valence-corrected chi connectivity index (χ2v) is 7.99.